The molecule has 3 rings (SSSR count). The van der Waals surface area contributed by atoms with Crippen molar-refractivity contribution in [2.45, 2.75) is 32.9 Å². The summed E-state index contributed by atoms with van der Waals surface area (Å²) in [6.07, 6.45) is 0.280. The normalized spacial score (nSPS) is 12.4. The highest BCUT2D eigenvalue weighted by Crippen LogP contribution is 2.43. The van der Waals surface area contributed by atoms with Crippen molar-refractivity contribution in [3.05, 3.63) is 48.5 Å². The molecule has 0 aromatic heterocycles. The third kappa shape index (κ3) is 11.9. The first kappa shape index (κ1) is 42.8. The summed E-state index contributed by atoms with van der Waals surface area (Å²) >= 11 is 0.448. The van der Waals surface area contributed by atoms with Gasteiger partial charge in [-0.1, -0.05) is 0 Å². The van der Waals surface area contributed by atoms with E-state index in [0.29, 0.717) is 24.4 Å². The maximum absolute atomic E-state index is 12.6. The van der Waals surface area contributed by atoms with Gasteiger partial charge in [-0.3, -0.25) is 18.5 Å². The Labute approximate surface area is 295 Å². The molecule has 3 aromatic rings. The van der Waals surface area contributed by atoms with Crippen LogP contribution >= 0.6 is 11.8 Å². The molecule has 0 bridgehead atoms. The van der Waals surface area contributed by atoms with Crippen molar-refractivity contribution in [3.63, 3.8) is 0 Å². The number of hydrogen-bond donors (Lipinski definition) is 5. The summed E-state index contributed by atoms with van der Waals surface area (Å²) in [6, 6.07) is 8.85. The third-order valence-corrected chi connectivity index (χ3v) is 10.9. The summed E-state index contributed by atoms with van der Waals surface area (Å²) in [4.78, 5) is 9.39. The fourth-order valence-electron chi connectivity index (χ4n) is 3.65. The predicted molar refractivity (Wildman–Crippen MR) is 183 cm³/mol. The lowest BCUT2D eigenvalue weighted by Crippen LogP contribution is -2.09. The minimum Gasteiger partial charge on any atom is -0.412 e. The summed E-state index contributed by atoms with van der Waals surface area (Å²) in [5.41, 5.74) is 9.44. The van der Waals surface area contributed by atoms with Gasteiger partial charge in [0.1, 0.15) is 26.9 Å². The molecule has 0 saturated heterocycles. The molecule has 20 nitrogen and oxygen atoms in total. The molecule has 3 aromatic carbocycles. The number of carbonyl (C=O) groups is 1. The Morgan fingerprint density at radius 3 is 1.98 bits per heavy atom. The topological polar surface area (TPSA) is 357 Å². The highest BCUT2D eigenvalue weighted by molar-refractivity contribution is 8.04. The number of sulfone groups is 1. The smallest absolute Gasteiger partial charge is 0.347 e. The number of benzene rings is 3. The number of anilines is 2. The largest absolute Gasteiger partial charge is 0.412 e. The van der Waals surface area contributed by atoms with Gasteiger partial charge in [0.25, 0.3) is 20.2 Å². The summed E-state index contributed by atoms with van der Waals surface area (Å²) in [6.45, 7) is 2.50. The van der Waals surface area contributed by atoms with Gasteiger partial charge in [-0.2, -0.15) is 30.4 Å². The van der Waals surface area contributed by atoms with E-state index in [9.17, 15) is 47.6 Å². The molecule has 0 radical (unpaired) electrons. The monoisotopic (exact) mass is 808 g/mol. The lowest BCUT2D eigenvalue weighted by Gasteiger charge is -2.10. The molecule has 0 fully saturated rings. The van der Waals surface area contributed by atoms with Crippen LogP contribution in [-0.2, 0) is 49.7 Å². The van der Waals surface area contributed by atoms with Crippen LogP contribution in [0.15, 0.2) is 88.6 Å². The molecule has 276 valence electrons. The Morgan fingerprint density at radius 1 is 0.804 bits per heavy atom. The van der Waals surface area contributed by atoms with Gasteiger partial charge < -0.3 is 21.7 Å². The fourth-order valence-corrected chi connectivity index (χ4v) is 7.12. The Bertz CT molecular complexity index is 2370. The molecule has 0 amide bonds. The molecule has 25 heteroatoms. The molecule has 0 aliphatic carbocycles. The molecular weight excluding hydrogens is 781 g/mol. The van der Waals surface area contributed by atoms with Crippen molar-refractivity contribution in [3.8, 4) is 11.2 Å². The number of hydrogen-bond acceptors (Lipinski definition) is 17. The van der Waals surface area contributed by atoms with Crippen LogP contribution in [0.25, 0.3) is 0 Å². The van der Waals surface area contributed by atoms with Crippen molar-refractivity contribution in [2.75, 3.05) is 30.4 Å². The van der Waals surface area contributed by atoms with Crippen molar-refractivity contribution in [2.24, 2.45) is 20.5 Å². The second kappa shape index (κ2) is 17.2. The van der Waals surface area contributed by atoms with Crippen LogP contribution in [0.2, 0.25) is 0 Å². The van der Waals surface area contributed by atoms with E-state index in [-0.39, 0.29) is 39.7 Å². The lowest BCUT2D eigenvalue weighted by atomic mass is 10.2. The Kier molecular flexibility index (Phi) is 14.5. The van der Waals surface area contributed by atoms with Crippen LogP contribution in [0, 0.1) is 11.2 Å². The highest BCUT2D eigenvalue weighted by atomic mass is 32.2. The average molecular weight is 809 g/mol. The molecule has 9 N–H and O–H groups in total. The number of rotatable bonds is 13. The SMILES string of the molecule is CCOCCCS(=O)(=O)c1ccc(N=Nc2c(N)c(N=Nc3ccc(SC#CC(=O)S(=O)(=O)O)cc3S(=O)(=O)O)cc(S(=O)(=O)O)c2N)cc1.O. The first-order chi connectivity index (χ1) is 23.1. The molecule has 0 aliphatic heterocycles. The summed E-state index contributed by atoms with van der Waals surface area (Å²) in [5.74, 6) is 1.45. The maximum atomic E-state index is 12.6. The van der Waals surface area contributed by atoms with Gasteiger partial charge in [-0.25, -0.2) is 8.42 Å². The van der Waals surface area contributed by atoms with Gasteiger partial charge in [-0.15, -0.1) is 15.3 Å². The van der Waals surface area contributed by atoms with E-state index >= 15 is 0 Å². The van der Waals surface area contributed by atoms with Gasteiger partial charge in [-0.05, 0) is 78.9 Å². The summed E-state index contributed by atoms with van der Waals surface area (Å²) in [5, 5.41) is 15.4. The molecule has 0 atom stereocenters. The van der Waals surface area contributed by atoms with E-state index < -0.39 is 83.5 Å². The quantitative estimate of drug-likeness (QED) is 0.0413. The van der Waals surface area contributed by atoms with E-state index in [1.807, 2.05) is 5.25 Å². The fraction of sp³-hybridized carbons (Fsp3) is 0.192. The van der Waals surface area contributed by atoms with Gasteiger partial charge >= 0.3 is 15.2 Å². The van der Waals surface area contributed by atoms with E-state index in [4.69, 9.17) is 20.8 Å². The number of carbonyl (C=O) groups excluding carboxylic acids is 1. The average Bonchev–Trinajstić information content (AvgIpc) is 3.01. The number of thioether (sulfide) groups is 1. The van der Waals surface area contributed by atoms with Crippen LogP contribution in [0.4, 0.5) is 34.1 Å². The number of azo groups is 2. The molecular formula is C26H28N6O14S5. The molecule has 0 spiro atoms. The summed E-state index contributed by atoms with van der Waals surface area (Å²) < 4.78 is 128. The number of nitrogens with zero attached hydrogens (tertiary/aromatic N) is 4. The first-order valence-electron chi connectivity index (χ1n) is 13.4. The van der Waals surface area contributed by atoms with Gasteiger partial charge in [0.2, 0.25) is 0 Å². The highest BCUT2D eigenvalue weighted by Gasteiger charge is 2.23. The molecule has 51 heavy (non-hydrogen) atoms. The zero-order valence-corrected chi connectivity index (χ0v) is 29.9. The number of nitrogen functional groups attached to an aromatic ring is 2. The van der Waals surface area contributed by atoms with Crippen LogP contribution in [0.5, 0.6) is 0 Å². The standard InChI is InChI=1S/C26H26N6O13S5.H2O/c1-2-45-11-3-13-47(34,35)18-7-4-16(5-8-18)29-32-26-24(27)20(15-22(25(26)28)49(39,40)41)31-30-19-9-6-17(14-21(19)48(36,37)38)46-12-10-23(33)50(42,43)44;/h4-9,14-15H,2-3,11,13,27-28H2,1H3,(H,36,37,38)(H,39,40,41)(H,42,43,44);1H2. The molecule has 0 heterocycles. The van der Waals surface area contributed by atoms with Crippen LogP contribution in [-0.4, -0.2) is 76.9 Å². The molecule has 0 unspecified atom stereocenters. The summed E-state index contributed by atoms with van der Waals surface area (Å²) in [7, 11) is -18.8. The van der Waals surface area contributed by atoms with Crippen LogP contribution in [0.1, 0.15) is 13.3 Å². The van der Waals surface area contributed by atoms with E-state index in [0.717, 1.165) is 12.1 Å². The Morgan fingerprint density at radius 2 is 1.41 bits per heavy atom. The zero-order valence-electron chi connectivity index (χ0n) is 25.9. The minimum absolute atomic E-state index is 0. The van der Waals surface area contributed by atoms with Gasteiger partial charge in [0, 0.05) is 24.0 Å². The van der Waals surface area contributed by atoms with Gasteiger partial charge in [0.05, 0.1) is 27.7 Å². The van der Waals surface area contributed by atoms with E-state index in [1.54, 1.807) is 12.8 Å². The van der Waals surface area contributed by atoms with Crippen molar-refractivity contribution >= 4 is 91.2 Å². The van der Waals surface area contributed by atoms with Crippen molar-refractivity contribution < 1.29 is 62.3 Å². The minimum atomic E-state index is -5.08. The second-order valence-corrected chi connectivity index (χ2v) is 16.6. The van der Waals surface area contributed by atoms with Crippen molar-refractivity contribution in [1.29, 1.82) is 0 Å². The van der Waals surface area contributed by atoms with Crippen LogP contribution in [0.3, 0.4) is 0 Å². The van der Waals surface area contributed by atoms with E-state index in [1.165, 1.54) is 30.3 Å². The van der Waals surface area contributed by atoms with Crippen molar-refractivity contribution in [1.82, 2.24) is 0 Å². The maximum Gasteiger partial charge on any atom is 0.347 e. The third-order valence-electron chi connectivity index (χ3n) is 6.00. The number of ether oxygens (including phenoxy) is 1. The van der Waals surface area contributed by atoms with Crippen LogP contribution < -0.4 is 11.5 Å². The second-order valence-electron chi connectivity index (χ2n) is 9.50. The molecule has 0 aliphatic rings. The first-order valence-corrected chi connectivity index (χ1v) is 20.2. The Balaban J connectivity index is 0.00000901. The predicted octanol–water partition coefficient (Wildman–Crippen LogP) is 3.02. The molecule has 0 saturated carbocycles. The van der Waals surface area contributed by atoms with Gasteiger partial charge in [0.15, 0.2) is 9.84 Å². The number of nitrogens with two attached hydrogens (primary N) is 2. The zero-order chi connectivity index (χ0) is 37.5. The Hall–Kier alpha value is -4.36. The van der Waals surface area contributed by atoms with E-state index in [2.05, 4.69) is 20.5 Å². The lowest BCUT2D eigenvalue weighted by molar-refractivity contribution is -0.107.